The number of hydroxylamine groups is 2. The van der Waals surface area contributed by atoms with Gasteiger partial charge in [-0.1, -0.05) is 23.7 Å². The van der Waals surface area contributed by atoms with Gasteiger partial charge in [-0.05, 0) is 71.6 Å². The van der Waals surface area contributed by atoms with E-state index in [1.807, 2.05) is 24.3 Å². The molecule has 1 saturated heterocycles. The van der Waals surface area contributed by atoms with Crippen molar-refractivity contribution in [2.45, 2.75) is 71.1 Å². The van der Waals surface area contributed by atoms with Crippen LogP contribution in [-0.4, -0.2) is 16.1 Å². The van der Waals surface area contributed by atoms with Crippen LogP contribution in [0.3, 0.4) is 0 Å². The van der Waals surface area contributed by atoms with E-state index in [4.69, 9.17) is 16.4 Å². The van der Waals surface area contributed by atoms with Crippen LogP contribution in [0.1, 0.15) is 65.5 Å². The maximum absolute atomic E-state index is 6.34. The van der Waals surface area contributed by atoms with Crippen LogP contribution in [0.15, 0.2) is 24.3 Å². The van der Waals surface area contributed by atoms with Crippen LogP contribution in [0.4, 0.5) is 0 Å². The highest BCUT2D eigenvalue weighted by Gasteiger charge is 2.43. The average Bonchev–Trinajstić information content (AvgIpc) is 2.34. The first kappa shape index (κ1) is 15.8. The number of hydrogen-bond acceptors (Lipinski definition) is 2. The van der Waals surface area contributed by atoms with Crippen molar-refractivity contribution in [1.82, 2.24) is 5.06 Å². The summed E-state index contributed by atoms with van der Waals surface area (Å²) in [5.74, 6) is 0. The van der Waals surface area contributed by atoms with Crippen LogP contribution in [0.2, 0.25) is 5.02 Å². The second-order valence-corrected chi connectivity index (χ2v) is 7.51. The average molecular weight is 296 g/mol. The molecule has 0 bridgehead atoms. The summed E-state index contributed by atoms with van der Waals surface area (Å²) in [4.78, 5) is 6.34. The third-order valence-corrected chi connectivity index (χ3v) is 4.53. The Morgan fingerprint density at radius 2 is 1.55 bits per heavy atom. The summed E-state index contributed by atoms with van der Waals surface area (Å²) in [6, 6.07) is 7.92. The van der Waals surface area contributed by atoms with Gasteiger partial charge in [0, 0.05) is 16.1 Å². The molecule has 20 heavy (non-hydrogen) atoms. The highest BCUT2D eigenvalue weighted by atomic mass is 35.5. The van der Waals surface area contributed by atoms with Crippen molar-refractivity contribution in [2.24, 2.45) is 0 Å². The Balaban J connectivity index is 2.16. The zero-order valence-electron chi connectivity index (χ0n) is 13.2. The Hall–Kier alpha value is -0.570. The lowest BCUT2D eigenvalue weighted by Gasteiger charge is -2.52. The van der Waals surface area contributed by atoms with E-state index in [-0.39, 0.29) is 17.2 Å². The topological polar surface area (TPSA) is 12.5 Å². The number of hydrogen-bond donors (Lipinski definition) is 0. The number of halogens is 1. The first-order chi connectivity index (χ1) is 9.22. The summed E-state index contributed by atoms with van der Waals surface area (Å²) >= 11 is 5.95. The molecule has 112 valence electrons. The van der Waals surface area contributed by atoms with Crippen molar-refractivity contribution in [2.75, 3.05) is 0 Å². The van der Waals surface area contributed by atoms with Crippen molar-refractivity contribution >= 4 is 11.6 Å². The van der Waals surface area contributed by atoms with Crippen LogP contribution in [0, 0.1) is 0 Å². The molecule has 0 spiro atoms. The summed E-state index contributed by atoms with van der Waals surface area (Å²) in [6.45, 7) is 11.2. The van der Waals surface area contributed by atoms with Gasteiger partial charge in [0.1, 0.15) is 6.10 Å². The van der Waals surface area contributed by atoms with Crippen LogP contribution >= 0.6 is 11.6 Å². The predicted octanol–water partition coefficient (Wildman–Crippen LogP) is 5.38. The molecule has 1 aliphatic rings. The summed E-state index contributed by atoms with van der Waals surface area (Å²) in [5.41, 5.74) is 1.30. The molecule has 1 aromatic rings. The second kappa shape index (κ2) is 5.67. The van der Waals surface area contributed by atoms with Gasteiger partial charge in [0.15, 0.2) is 0 Å². The van der Waals surface area contributed by atoms with Crippen LogP contribution in [0.25, 0.3) is 0 Å². The van der Waals surface area contributed by atoms with Crippen molar-refractivity contribution in [3.05, 3.63) is 34.9 Å². The quantitative estimate of drug-likeness (QED) is 0.742. The minimum Gasteiger partial charge on any atom is -0.290 e. The number of benzene rings is 1. The fourth-order valence-electron chi connectivity index (χ4n) is 3.21. The molecule has 1 atom stereocenters. The van der Waals surface area contributed by atoms with E-state index in [9.17, 15) is 0 Å². The third-order valence-electron chi connectivity index (χ3n) is 4.28. The summed E-state index contributed by atoms with van der Waals surface area (Å²) < 4.78 is 0. The first-order valence-corrected chi connectivity index (χ1v) is 7.83. The Kier molecular flexibility index (Phi) is 4.48. The van der Waals surface area contributed by atoms with Gasteiger partial charge in [0.25, 0.3) is 0 Å². The molecule has 0 saturated carbocycles. The minimum absolute atomic E-state index is 0.0314. The Labute approximate surface area is 128 Å². The molecule has 1 unspecified atom stereocenters. The lowest BCUT2D eigenvalue weighted by molar-refractivity contribution is -0.304. The van der Waals surface area contributed by atoms with Crippen LogP contribution in [-0.2, 0) is 4.84 Å². The molecule has 1 heterocycles. The first-order valence-electron chi connectivity index (χ1n) is 7.45. The van der Waals surface area contributed by atoms with E-state index in [1.165, 1.54) is 19.3 Å². The van der Waals surface area contributed by atoms with E-state index in [0.29, 0.717) is 0 Å². The highest BCUT2D eigenvalue weighted by Crippen LogP contribution is 2.40. The summed E-state index contributed by atoms with van der Waals surface area (Å²) in [5, 5.41) is 2.97. The molecular formula is C17H26ClNO. The number of rotatable bonds is 3. The third kappa shape index (κ3) is 3.36. The van der Waals surface area contributed by atoms with Gasteiger partial charge in [-0.3, -0.25) is 4.84 Å². The van der Waals surface area contributed by atoms with E-state index in [0.717, 1.165) is 10.6 Å². The zero-order valence-corrected chi connectivity index (χ0v) is 14.0. The molecule has 1 aliphatic heterocycles. The fourth-order valence-corrected chi connectivity index (χ4v) is 3.34. The minimum atomic E-state index is 0.0314. The van der Waals surface area contributed by atoms with Gasteiger partial charge in [-0.2, -0.15) is 5.06 Å². The highest BCUT2D eigenvalue weighted by molar-refractivity contribution is 6.30. The van der Waals surface area contributed by atoms with E-state index in [2.05, 4.69) is 39.7 Å². The van der Waals surface area contributed by atoms with Gasteiger partial charge in [-0.15, -0.1) is 0 Å². The van der Waals surface area contributed by atoms with Gasteiger partial charge < -0.3 is 0 Å². The molecule has 0 radical (unpaired) electrons. The molecule has 1 aromatic carbocycles. The predicted molar refractivity (Wildman–Crippen MR) is 84.8 cm³/mol. The standard InChI is InChI=1S/C17H26ClNO/c1-13(14-7-9-15(18)10-8-14)20-19-16(2,3)11-6-12-17(19,4)5/h7-10,13H,6,11-12H2,1-5H3. The van der Waals surface area contributed by atoms with Crippen molar-refractivity contribution < 1.29 is 4.84 Å². The second-order valence-electron chi connectivity index (χ2n) is 7.07. The Morgan fingerprint density at radius 1 is 1.05 bits per heavy atom. The maximum Gasteiger partial charge on any atom is 0.102 e. The summed E-state index contributed by atoms with van der Waals surface area (Å²) in [7, 11) is 0. The number of nitrogens with zero attached hydrogens (tertiary/aromatic N) is 1. The van der Waals surface area contributed by atoms with Crippen molar-refractivity contribution in [3.8, 4) is 0 Å². The molecule has 0 aliphatic carbocycles. The zero-order chi connectivity index (χ0) is 15.0. The van der Waals surface area contributed by atoms with Crippen molar-refractivity contribution in [3.63, 3.8) is 0 Å². The largest absolute Gasteiger partial charge is 0.290 e. The molecule has 1 fully saturated rings. The molecule has 0 aromatic heterocycles. The smallest absolute Gasteiger partial charge is 0.102 e. The SMILES string of the molecule is CC(ON1C(C)(C)CCCC1(C)C)c1ccc(Cl)cc1. The lowest BCUT2D eigenvalue weighted by atomic mass is 9.82. The van der Waals surface area contributed by atoms with Gasteiger partial charge in [0.05, 0.1) is 0 Å². The summed E-state index contributed by atoms with van der Waals surface area (Å²) in [6.07, 6.45) is 3.63. The Bertz CT molecular complexity index is 437. The van der Waals surface area contributed by atoms with Gasteiger partial charge in [-0.25, -0.2) is 0 Å². The van der Waals surface area contributed by atoms with Gasteiger partial charge in [0.2, 0.25) is 0 Å². The molecule has 2 rings (SSSR count). The molecule has 2 nitrogen and oxygen atoms in total. The van der Waals surface area contributed by atoms with Gasteiger partial charge >= 0.3 is 0 Å². The van der Waals surface area contributed by atoms with E-state index < -0.39 is 0 Å². The number of piperidine rings is 1. The van der Waals surface area contributed by atoms with Crippen LogP contribution < -0.4 is 0 Å². The monoisotopic (exact) mass is 295 g/mol. The maximum atomic E-state index is 6.34. The normalized spacial score (nSPS) is 23.5. The molecular weight excluding hydrogens is 270 g/mol. The van der Waals surface area contributed by atoms with E-state index >= 15 is 0 Å². The lowest BCUT2D eigenvalue weighted by Crippen LogP contribution is -2.58. The van der Waals surface area contributed by atoms with E-state index in [1.54, 1.807) is 0 Å². The fraction of sp³-hybridized carbons (Fsp3) is 0.647. The Morgan fingerprint density at radius 3 is 2.05 bits per heavy atom. The molecule has 0 amide bonds. The molecule has 3 heteroatoms. The van der Waals surface area contributed by atoms with Crippen LogP contribution in [0.5, 0.6) is 0 Å². The van der Waals surface area contributed by atoms with Crippen molar-refractivity contribution in [1.29, 1.82) is 0 Å². The molecule has 0 N–H and O–H groups in total.